The number of aromatic nitrogens is 3. The molecule has 1 aliphatic carbocycles. The second-order valence-corrected chi connectivity index (χ2v) is 10.7. The number of morpholine rings is 1. The molecule has 0 bridgehead atoms. The number of rotatable bonds is 7. The molecule has 1 aliphatic heterocycles. The molecule has 2 N–H and O–H groups in total. The quantitative estimate of drug-likeness (QED) is 0.372. The number of hydrogen-bond acceptors (Lipinski definition) is 6. The van der Waals surface area contributed by atoms with Gasteiger partial charge in [-0.05, 0) is 55.9 Å². The molecule has 0 amide bonds. The summed E-state index contributed by atoms with van der Waals surface area (Å²) in [7, 11) is 0. The lowest BCUT2D eigenvalue weighted by Gasteiger charge is -2.42. The van der Waals surface area contributed by atoms with Crippen LogP contribution in [0.1, 0.15) is 38.3 Å². The summed E-state index contributed by atoms with van der Waals surface area (Å²) >= 11 is 0. The second kappa shape index (κ2) is 10.1. The molecule has 1 saturated heterocycles. The molecule has 37 heavy (non-hydrogen) atoms. The van der Waals surface area contributed by atoms with E-state index in [4.69, 9.17) is 15.2 Å². The van der Waals surface area contributed by atoms with Gasteiger partial charge in [-0.15, -0.1) is 0 Å². The van der Waals surface area contributed by atoms with E-state index in [1.54, 1.807) is 6.33 Å². The van der Waals surface area contributed by atoms with Crippen LogP contribution in [0.25, 0.3) is 22.2 Å². The first-order valence-electron chi connectivity index (χ1n) is 13.3. The maximum absolute atomic E-state index is 6.40. The first-order valence-corrected chi connectivity index (χ1v) is 13.3. The minimum absolute atomic E-state index is 0.308. The number of anilines is 1. The van der Waals surface area contributed by atoms with E-state index in [1.807, 2.05) is 30.3 Å². The summed E-state index contributed by atoms with van der Waals surface area (Å²) in [5.74, 6) is 2.04. The second-order valence-electron chi connectivity index (χ2n) is 10.7. The first-order chi connectivity index (χ1) is 18.0. The van der Waals surface area contributed by atoms with Crippen molar-refractivity contribution in [3.63, 3.8) is 0 Å². The van der Waals surface area contributed by atoms with Crippen molar-refractivity contribution in [1.82, 2.24) is 19.4 Å². The molecule has 3 heterocycles. The van der Waals surface area contributed by atoms with Crippen molar-refractivity contribution < 1.29 is 9.47 Å². The van der Waals surface area contributed by atoms with Crippen LogP contribution < -0.4 is 10.5 Å². The van der Waals surface area contributed by atoms with Gasteiger partial charge in [0.15, 0.2) is 0 Å². The molecule has 0 spiro atoms. The van der Waals surface area contributed by atoms with E-state index in [9.17, 15) is 0 Å². The van der Waals surface area contributed by atoms with Gasteiger partial charge in [0, 0.05) is 37.4 Å². The van der Waals surface area contributed by atoms with E-state index in [1.165, 1.54) is 0 Å². The summed E-state index contributed by atoms with van der Waals surface area (Å²) in [5.41, 5.74) is 10.6. The highest BCUT2D eigenvalue weighted by Crippen LogP contribution is 2.43. The number of benzene rings is 2. The van der Waals surface area contributed by atoms with Gasteiger partial charge in [0.05, 0.1) is 17.6 Å². The Morgan fingerprint density at radius 1 is 1.00 bits per heavy atom. The monoisotopic (exact) mass is 497 g/mol. The predicted molar refractivity (Wildman–Crippen MR) is 146 cm³/mol. The molecule has 2 atom stereocenters. The average Bonchev–Trinajstić information content (AvgIpc) is 3.25. The highest BCUT2D eigenvalue weighted by atomic mass is 16.5. The molecular weight excluding hydrogens is 462 g/mol. The van der Waals surface area contributed by atoms with Crippen molar-refractivity contribution in [3.05, 3.63) is 72.7 Å². The summed E-state index contributed by atoms with van der Waals surface area (Å²) in [6, 6.07) is 18.8. The minimum Gasteiger partial charge on any atom is -0.489 e. The highest BCUT2D eigenvalue weighted by molar-refractivity contribution is 6.00. The Kier molecular flexibility index (Phi) is 6.57. The van der Waals surface area contributed by atoms with Crippen LogP contribution in [-0.4, -0.2) is 51.3 Å². The fraction of sp³-hybridized carbons (Fsp3) is 0.400. The molecule has 2 fully saturated rings. The Morgan fingerprint density at radius 3 is 2.57 bits per heavy atom. The first kappa shape index (κ1) is 23.9. The van der Waals surface area contributed by atoms with Crippen LogP contribution >= 0.6 is 0 Å². The van der Waals surface area contributed by atoms with Gasteiger partial charge >= 0.3 is 0 Å². The Labute approximate surface area is 218 Å². The minimum atomic E-state index is 0.308. The van der Waals surface area contributed by atoms with E-state index in [-0.39, 0.29) is 0 Å². The van der Waals surface area contributed by atoms with E-state index < -0.39 is 0 Å². The lowest BCUT2D eigenvalue weighted by atomic mass is 9.79. The topological polar surface area (TPSA) is 78.4 Å². The van der Waals surface area contributed by atoms with E-state index in [2.05, 4.69) is 63.7 Å². The number of nitrogen functional groups attached to an aromatic ring is 1. The molecule has 4 aromatic rings. The molecular formula is C30H35N5O2. The average molecular weight is 498 g/mol. The summed E-state index contributed by atoms with van der Waals surface area (Å²) in [4.78, 5) is 11.6. The van der Waals surface area contributed by atoms with Gasteiger partial charge in [-0.3, -0.25) is 4.90 Å². The van der Waals surface area contributed by atoms with E-state index in [0.717, 1.165) is 65.9 Å². The van der Waals surface area contributed by atoms with Gasteiger partial charge in [-0.2, -0.15) is 0 Å². The number of hydrogen-bond donors (Lipinski definition) is 1. The summed E-state index contributed by atoms with van der Waals surface area (Å²) < 4.78 is 14.3. The van der Waals surface area contributed by atoms with Crippen LogP contribution in [0.2, 0.25) is 0 Å². The van der Waals surface area contributed by atoms with Crippen LogP contribution in [0.5, 0.6) is 5.75 Å². The van der Waals surface area contributed by atoms with Gasteiger partial charge in [-0.1, -0.05) is 42.5 Å². The van der Waals surface area contributed by atoms with Crippen molar-refractivity contribution in [2.75, 3.05) is 25.4 Å². The Balaban J connectivity index is 1.21. The molecule has 2 unspecified atom stereocenters. The molecule has 7 heteroatoms. The lowest BCUT2D eigenvalue weighted by molar-refractivity contribution is -0.0756. The lowest BCUT2D eigenvalue weighted by Crippen LogP contribution is -2.48. The fourth-order valence-corrected chi connectivity index (χ4v) is 5.98. The Hall–Kier alpha value is -3.42. The maximum atomic E-state index is 6.40. The Morgan fingerprint density at radius 2 is 1.78 bits per heavy atom. The van der Waals surface area contributed by atoms with E-state index in [0.29, 0.717) is 36.6 Å². The van der Waals surface area contributed by atoms with Crippen LogP contribution in [0.3, 0.4) is 0 Å². The van der Waals surface area contributed by atoms with Crippen molar-refractivity contribution >= 4 is 16.9 Å². The van der Waals surface area contributed by atoms with Gasteiger partial charge in [-0.25, -0.2) is 9.97 Å². The van der Waals surface area contributed by atoms with Crippen molar-refractivity contribution in [2.45, 2.75) is 51.5 Å². The third-order valence-electron chi connectivity index (χ3n) is 7.65. The van der Waals surface area contributed by atoms with Gasteiger partial charge < -0.3 is 19.8 Å². The maximum Gasteiger partial charge on any atom is 0.146 e. The van der Waals surface area contributed by atoms with Crippen LogP contribution in [0.15, 0.2) is 67.1 Å². The summed E-state index contributed by atoms with van der Waals surface area (Å²) in [6.45, 7) is 8.06. The van der Waals surface area contributed by atoms with Crippen molar-refractivity contribution in [3.8, 4) is 16.9 Å². The predicted octanol–water partition coefficient (Wildman–Crippen LogP) is 5.32. The van der Waals surface area contributed by atoms with Gasteiger partial charge in [0.1, 0.15) is 30.1 Å². The SMILES string of the molecule is CC1CN(C[C@H]2C[C@@H](n3cc(-c4cccc(OCc5ccccc5)c4)c4c(N)ncnc43)C2)CC(C)O1. The Bertz CT molecular complexity index is 1360. The summed E-state index contributed by atoms with van der Waals surface area (Å²) in [6.07, 6.45) is 6.70. The molecule has 2 aliphatic rings. The van der Waals surface area contributed by atoms with Crippen LogP contribution in [0, 0.1) is 5.92 Å². The zero-order valence-corrected chi connectivity index (χ0v) is 21.6. The smallest absolute Gasteiger partial charge is 0.146 e. The van der Waals surface area contributed by atoms with Gasteiger partial charge in [0.25, 0.3) is 0 Å². The molecule has 192 valence electrons. The largest absolute Gasteiger partial charge is 0.489 e. The van der Waals surface area contributed by atoms with Crippen LogP contribution in [-0.2, 0) is 11.3 Å². The number of fused-ring (bicyclic) bond motifs is 1. The van der Waals surface area contributed by atoms with Crippen molar-refractivity contribution in [2.24, 2.45) is 5.92 Å². The van der Waals surface area contributed by atoms with E-state index >= 15 is 0 Å². The molecule has 0 radical (unpaired) electrons. The third kappa shape index (κ3) is 5.06. The number of ether oxygens (including phenoxy) is 2. The third-order valence-corrected chi connectivity index (χ3v) is 7.65. The molecule has 2 aromatic carbocycles. The standard InChI is InChI=1S/C30H35N5O2/c1-20-14-34(15-21(2)37-20)16-23-11-25(12-23)35-17-27(28-29(31)32-19-33-30(28)35)24-9-6-10-26(13-24)36-18-22-7-4-3-5-8-22/h3-10,13,17,19-21,23,25H,11-12,14-16,18H2,1-2H3,(H2,31,32,33)/t20?,21?,23-,25+. The zero-order valence-electron chi connectivity index (χ0n) is 21.6. The van der Waals surface area contributed by atoms with Gasteiger partial charge in [0.2, 0.25) is 0 Å². The molecule has 7 nitrogen and oxygen atoms in total. The number of nitrogens with two attached hydrogens (primary N) is 1. The summed E-state index contributed by atoms with van der Waals surface area (Å²) in [5, 5.41) is 0.919. The normalized spacial score (nSPS) is 24.2. The van der Waals surface area contributed by atoms with Crippen LogP contribution in [0.4, 0.5) is 5.82 Å². The fourth-order valence-electron chi connectivity index (χ4n) is 5.98. The zero-order chi connectivity index (χ0) is 25.4. The molecule has 6 rings (SSSR count). The highest BCUT2D eigenvalue weighted by Gasteiger charge is 2.35. The molecule has 1 saturated carbocycles. The van der Waals surface area contributed by atoms with Crippen molar-refractivity contribution in [1.29, 1.82) is 0 Å². The molecule has 2 aromatic heterocycles. The number of nitrogens with zero attached hydrogens (tertiary/aromatic N) is 4.